The van der Waals surface area contributed by atoms with Gasteiger partial charge in [0.15, 0.2) is 9.84 Å². The van der Waals surface area contributed by atoms with Crippen molar-refractivity contribution in [2.24, 2.45) is 11.7 Å². The minimum Gasteiger partial charge on any atom is -0.381 e. The second-order valence-corrected chi connectivity index (χ2v) is 7.74. The Labute approximate surface area is 121 Å². The van der Waals surface area contributed by atoms with Crippen molar-refractivity contribution in [2.45, 2.75) is 43.5 Å². The molecule has 0 spiro atoms. The van der Waals surface area contributed by atoms with Gasteiger partial charge in [-0.1, -0.05) is 19.8 Å². The van der Waals surface area contributed by atoms with E-state index in [1.807, 2.05) is 12.1 Å². The zero-order valence-electron chi connectivity index (χ0n) is 12.0. The molecule has 0 heterocycles. The zero-order valence-corrected chi connectivity index (χ0v) is 12.8. The second kappa shape index (κ2) is 6.59. The van der Waals surface area contributed by atoms with Crippen LogP contribution in [0.4, 0.5) is 5.69 Å². The monoisotopic (exact) mass is 296 g/mol. The molecule has 1 aliphatic carbocycles. The standard InChI is InChI=1S/C15H24N2O2S/c1-2-20(18,19)14-9-7-13(8-10-14)17-15(11-16)12-5-3-4-6-12/h7-10,12,15,17H,2-6,11,16H2,1H3. The van der Waals surface area contributed by atoms with Gasteiger partial charge in [0.1, 0.15) is 0 Å². The van der Waals surface area contributed by atoms with Crippen molar-refractivity contribution < 1.29 is 8.42 Å². The fraction of sp³-hybridized carbons (Fsp3) is 0.600. The van der Waals surface area contributed by atoms with Crippen molar-refractivity contribution in [2.75, 3.05) is 17.6 Å². The van der Waals surface area contributed by atoms with E-state index in [4.69, 9.17) is 5.73 Å². The maximum atomic E-state index is 11.8. The minimum atomic E-state index is -3.12. The van der Waals surface area contributed by atoms with Gasteiger partial charge in [0, 0.05) is 18.3 Å². The van der Waals surface area contributed by atoms with Crippen LogP contribution in [0, 0.1) is 5.92 Å². The quantitative estimate of drug-likeness (QED) is 0.845. The summed E-state index contributed by atoms with van der Waals surface area (Å²) in [4.78, 5) is 0.385. The predicted octanol–water partition coefficient (Wildman–Crippen LogP) is 2.41. The first-order valence-corrected chi connectivity index (χ1v) is 9.01. The third-order valence-corrected chi connectivity index (χ3v) is 5.92. The molecule has 2 rings (SSSR count). The smallest absolute Gasteiger partial charge is 0.178 e. The SMILES string of the molecule is CCS(=O)(=O)c1ccc(NC(CN)C2CCCC2)cc1. The lowest BCUT2D eigenvalue weighted by Gasteiger charge is -2.24. The van der Waals surface area contributed by atoms with E-state index in [9.17, 15) is 8.42 Å². The molecule has 5 heteroatoms. The lowest BCUT2D eigenvalue weighted by molar-refractivity contribution is 0.462. The maximum absolute atomic E-state index is 11.8. The molecular formula is C15H24N2O2S. The normalized spacial score (nSPS) is 18.1. The van der Waals surface area contributed by atoms with Gasteiger partial charge in [-0.3, -0.25) is 0 Å². The summed E-state index contributed by atoms with van der Waals surface area (Å²) >= 11 is 0. The average Bonchev–Trinajstić information content (AvgIpc) is 2.99. The Morgan fingerprint density at radius 1 is 1.25 bits per heavy atom. The van der Waals surface area contributed by atoms with E-state index < -0.39 is 9.84 Å². The molecule has 1 aromatic rings. The third-order valence-electron chi connectivity index (χ3n) is 4.17. The van der Waals surface area contributed by atoms with Crippen LogP contribution in [0.1, 0.15) is 32.6 Å². The van der Waals surface area contributed by atoms with Crippen LogP contribution in [-0.2, 0) is 9.84 Å². The Balaban J connectivity index is 2.06. The average molecular weight is 296 g/mol. The molecule has 0 aliphatic heterocycles. The fourth-order valence-corrected chi connectivity index (χ4v) is 3.75. The van der Waals surface area contributed by atoms with Crippen molar-refractivity contribution in [3.05, 3.63) is 24.3 Å². The number of hydrogen-bond donors (Lipinski definition) is 2. The number of benzene rings is 1. The van der Waals surface area contributed by atoms with Crippen LogP contribution in [0.2, 0.25) is 0 Å². The molecule has 1 aromatic carbocycles. The highest BCUT2D eigenvalue weighted by Crippen LogP contribution is 2.29. The summed E-state index contributed by atoms with van der Waals surface area (Å²) in [6, 6.07) is 7.29. The van der Waals surface area contributed by atoms with E-state index >= 15 is 0 Å². The number of rotatable bonds is 6. The summed E-state index contributed by atoms with van der Waals surface area (Å²) in [5, 5.41) is 3.45. The van der Waals surface area contributed by atoms with Crippen molar-refractivity contribution in [1.82, 2.24) is 0 Å². The van der Waals surface area contributed by atoms with Gasteiger partial charge in [-0.05, 0) is 43.0 Å². The number of hydrogen-bond acceptors (Lipinski definition) is 4. The van der Waals surface area contributed by atoms with E-state index in [1.54, 1.807) is 19.1 Å². The first-order valence-electron chi connectivity index (χ1n) is 7.36. The van der Waals surface area contributed by atoms with Gasteiger partial charge in [-0.25, -0.2) is 8.42 Å². The molecule has 1 atom stereocenters. The van der Waals surface area contributed by atoms with E-state index in [1.165, 1.54) is 25.7 Å². The topological polar surface area (TPSA) is 72.2 Å². The highest BCUT2D eigenvalue weighted by Gasteiger charge is 2.23. The Morgan fingerprint density at radius 2 is 1.85 bits per heavy atom. The zero-order chi connectivity index (χ0) is 14.6. The van der Waals surface area contributed by atoms with E-state index in [0.717, 1.165) is 5.69 Å². The summed E-state index contributed by atoms with van der Waals surface area (Å²) in [6.45, 7) is 2.27. The number of nitrogens with one attached hydrogen (secondary N) is 1. The van der Waals surface area contributed by atoms with Crippen molar-refractivity contribution in [1.29, 1.82) is 0 Å². The molecule has 1 unspecified atom stereocenters. The molecule has 0 amide bonds. The van der Waals surface area contributed by atoms with Crippen molar-refractivity contribution in [3.8, 4) is 0 Å². The largest absolute Gasteiger partial charge is 0.381 e. The van der Waals surface area contributed by atoms with Gasteiger partial charge in [-0.2, -0.15) is 0 Å². The Bertz CT molecular complexity index is 519. The van der Waals surface area contributed by atoms with Crippen molar-refractivity contribution in [3.63, 3.8) is 0 Å². The molecule has 4 nitrogen and oxygen atoms in total. The minimum absolute atomic E-state index is 0.132. The fourth-order valence-electron chi connectivity index (χ4n) is 2.87. The second-order valence-electron chi connectivity index (χ2n) is 5.46. The highest BCUT2D eigenvalue weighted by molar-refractivity contribution is 7.91. The number of anilines is 1. The molecule has 0 aromatic heterocycles. The maximum Gasteiger partial charge on any atom is 0.178 e. The van der Waals surface area contributed by atoms with E-state index in [2.05, 4.69) is 5.32 Å². The van der Waals surface area contributed by atoms with Crippen LogP contribution in [0.3, 0.4) is 0 Å². The van der Waals surface area contributed by atoms with Crippen LogP contribution >= 0.6 is 0 Å². The molecule has 3 N–H and O–H groups in total. The number of sulfone groups is 1. The van der Waals surface area contributed by atoms with Crippen LogP contribution < -0.4 is 11.1 Å². The van der Waals surface area contributed by atoms with Crippen LogP contribution in [0.15, 0.2) is 29.2 Å². The van der Waals surface area contributed by atoms with Crippen LogP contribution in [0.25, 0.3) is 0 Å². The molecule has 0 saturated heterocycles. The predicted molar refractivity (Wildman–Crippen MR) is 82.6 cm³/mol. The molecule has 20 heavy (non-hydrogen) atoms. The Hall–Kier alpha value is -1.07. The molecular weight excluding hydrogens is 272 g/mol. The number of nitrogens with two attached hydrogens (primary N) is 1. The lowest BCUT2D eigenvalue weighted by Crippen LogP contribution is -2.35. The molecule has 1 fully saturated rings. The van der Waals surface area contributed by atoms with Gasteiger partial charge < -0.3 is 11.1 Å². The summed E-state index contributed by atoms with van der Waals surface area (Å²) in [6.07, 6.45) is 5.04. The summed E-state index contributed by atoms with van der Waals surface area (Å²) in [5.41, 5.74) is 6.81. The lowest BCUT2D eigenvalue weighted by atomic mass is 9.98. The highest BCUT2D eigenvalue weighted by atomic mass is 32.2. The van der Waals surface area contributed by atoms with Gasteiger partial charge in [0.2, 0.25) is 0 Å². The molecule has 0 radical (unpaired) electrons. The van der Waals surface area contributed by atoms with Gasteiger partial charge in [0.05, 0.1) is 10.6 Å². The first kappa shape index (κ1) is 15.3. The third kappa shape index (κ3) is 3.52. The summed E-state index contributed by atoms with van der Waals surface area (Å²) in [5.74, 6) is 0.770. The van der Waals surface area contributed by atoms with Crippen LogP contribution in [-0.4, -0.2) is 26.8 Å². The Kier molecular flexibility index (Phi) is 5.05. The molecule has 112 valence electrons. The molecule has 0 bridgehead atoms. The summed E-state index contributed by atoms with van der Waals surface area (Å²) < 4.78 is 23.5. The Morgan fingerprint density at radius 3 is 2.35 bits per heavy atom. The molecule has 1 aliphatic rings. The van der Waals surface area contributed by atoms with E-state index in [0.29, 0.717) is 17.4 Å². The van der Waals surface area contributed by atoms with Gasteiger partial charge in [-0.15, -0.1) is 0 Å². The van der Waals surface area contributed by atoms with Crippen molar-refractivity contribution >= 4 is 15.5 Å². The van der Waals surface area contributed by atoms with Gasteiger partial charge in [0.25, 0.3) is 0 Å². The van der Waals surface area contributed by atoms with Gasteiger partial charge >= 0.3 is 0 Å². The first-order chi connectivity index (χ1) is 9.56. The summed E-state index contributed by atoms with van der Waals surface area (Å²) in [7, 11) is -3.12. The van der Waals surface area contributed by atoms with E-state index in [-0.39, 0.29) is 11.8 Å². The van der Waals surface area contributed by atoms with Crippen LogP contribution in [0.5, 0.6) is 0 Å². The molecule has 1 saturated carbocycles.